The van der Waals surface area contributed by atoms with E-state index in [1.165, 1.54) is 6.07 Å². The minimum Gasteiger partial charge on any atom is -0.508 e. The highest BCUT2D eigenvalue weighted by molar-refractivity contribution is 5.58. The molecule has 112 valence electrons. The Bertz CT molecular complexity index is 801. The Labute approximate surface area is 125 Å². The maximum atomic E-state index is 11.1. The van der Waals surface area contributed by atoms with Crippen LogP contribution in [0, 0.1) is 0 Å². The van der Waals surface area contributed by atoms with E-state index in [4.69, 9.17) is 18.9 Å². The number of phenols is 1. The maximum Gasteiger partial charge on any atom is 0.231 e. The molecule has 0 spiro atoms. The van der Waals surface area contributed by atoms with Gasteiger partial charge in [0.15, 0.2) is 23.2 Å². The Morgan fingerprint density at radius 2 is 1.77 bits per heavy atom. The fourth-order valence-electron chi connectivity index (χ4n) is 3.25. The first-order chi connectivity index (χ1) is 10.6. The van der Waals surface area contributed by atoms with Crippen LogP contribution in [0.1, 0.15) is 17.2 Å². The predicted octanol–water partition coefficient (Wildman–Crippen LogP) is 1.83. The van der Waals surface area contributed by atoms with Crippen LogP contribution in [0.15, 0.2) is 30.3 Å². The zero-order valence-corrected chi connectivity index (χ0v) is 11.4. The van der Waals surface area contributed by atoms with Gasteiger partial charge < -0.3 is 29.2 Å². The van der Waals surface area contributed by atoms with Crippen molar-refractivity contribution < 1.29 is 29.2 Å². The Balaban J connectivity index is 1.67. The molecule has 2 N–H and O–H groups in total. The molecule has 3 aliphatic rings. The number of benzene rings is 2. The van der Waals surface area contributed by atoms with Gasteiger partial charge >= 0.3 is 0 Å². The van der Waals surface area contributed by atoms with Gasteiger partial charge in [-0.2, -0.15) is 0 Å². The van der Waals surface area contributed by atoms with Crippen LogP contribution in [0.3, 0.4) is 0 Å². The fraction of sp³-hybridized carbons (Fsp3) is 0.250. The van der Waals surface area contributed by atoms with E-state index in [1.54, 1.807) is 24.3 Å². The molecule has 0 saturated heterocycles. The summed E-state index contributed by atoms with van der Waals surface area (Å²) >= 11 is 0. The maximum absolute atomic E-state index is 11.1. The third-order valence-corrected chi connectivity index (χ3v) is 4.35. The van der Waals surface area contributed by atoms with E-state index in [2.05, 4.69) is 0 Å². The second-order valence-corrected chi connectivity index (χ2v) is 5.63. The van der Waals surface area contributed by atoms with Crippen molar-refractivity contribution in [3.8, 4) is 28.7 Å². The van der Waals surface area contributed by atoms with Crippen molar-refractivity contribution in [2.45, 2.75) is 11.7 Å². The van der Waals surface area contributed by atoms with E-state index in [-0.39, 0.29) is 19.1 Å². The summed E-state index contributed by atoms with van der Waals surface area (Å²) in [6.07, 6.45) is -0.589. The van der Waals surface area contributed by atoms with Gasteiger partial charge in [-0.25, -0.2) is 0 Å². The van der Waals surface area contributed by atoms with E-state index in [0.717, 1.165) is 0 Å². The van der Waals surface area contributed by atoms with E-state index in [0.29, 0.717) is 34.1 Å². The Hall–Kier alpha value is -2.60. The summed E-state index contributed by atoms with van der Waals surface area (Å²) in [5, 5.41) is 20.7. The van der Waals surface area contributed by atoms with Gasteiger partial charge in [0.05, 0.1) is 0 Å². The van der Waals surface area contributed by atoms with Crippen molar-refractivity contribution in [2.24, 2.45) is 0 Å². The third kappa shape index (κ3) is 1.37. The van der Waals surface area contributed by atoms with Gasteiger partial charge in [-0.15, -0.1) is 0 Å². The average molecular weight is 300 g/mol. The Kier molecular flexibility index (Phi) is 2.06. The van der Waals surface area contributed by atoms with Crippen molar-refractivity contribution in [2.75, 3.05) is 13.4 Å². The molecule has 2 aromatic carbocycles. The average Bonchev–Trinajstić information content (AvgIpc) is 3.07. The number of ether oxygens (including phenoxy) is 4. The summed E-state index contributed by atoms with van der Waals surface area (Å²) < 4.78 is 22.3. The van der Waals surface area contributed by atoms with Gasteiger partial charge in [0.1, 0.15) is 23.9 Å². The summed E-state index contributed by atoms with van der Waals surface area (Å²) in [6.45, 7) is 0.208. The van der Waals surface area contributed by atoms with Gasteiger partial charge in [0.25, 0.3) is 0 Å². The van der Waals surface area contributed by atoms with Crippen LogP contribution in [0.2, 0.25) is 0 Å². The van der Waals surface area contributed by atoms with Gasteiger partial charge in [-0.1, -0.05) is 0 Å². The van der Waals surface area contributed by atoms with E-state index < -0.39 is 11.7 Å². The minimum absolute atomic E-state index is 0.0424. The molecule has 0 aliphatic carbocycles. The van der Waals surface area contributed by atoms with Crippen molar-refractivity contribution in [1.82, 2.24) is 0 Å². The van der Waals surface area contributed by atoms with Crippen LogP contribution < -0.4 is 18.9 Å². The van der Waals surface area contributed by atoms with E-state index >= 15 is 0 Å². The van der Waals surface area contributed by atoms with Crippen LogP contribution in [0.25, 0.3) is 0 Å². The number of hydrogen-bond donors (Lipinski definition) is 2. The monoisotopic (exact) mass is 300 g/mol. The summed E-state index contributed by atoms with van der Waals surface area (Å²) in [4.78, 5) is 0. The zero-order chi connectivity index (χ0) is 14.9. The Morgan fingerprint density at radius 3 is 2.64 bits per heavy atom. The normalized spacial score (nSPS) is 26.5. The lowest BCUT2D eigenvalue weighted by atomic mass is 9.85. The second kappa shape index (κ2) is 3.78. The smallest absolute Gasteiger partial charge is 0.231 e. The summed E-state index contributed by atoms with van der Waals surface area (Å²) in [5.74, 6) is 2.38. The molecule has 0 fully saturated rings. The molecule has 0 saturated carbocycles. The first-order valence-electron chi connectivity index (χ1n) is 6.94. The molecule has 0 radical (unpaired) electrons. The summed E-state index contributed by atoms with van der Waals surface area (Å²) in [5.41, 5.74) is 0.0329. The number of fused-ring (bicyclic) bond motifs is 6. The molecule has 22 heavy (non-hydrogen) atoms. The molecule has 0 aromatic heterocycles. The molecule has 6 nitrogen and oxygen atoms in total. The highest BCUT2D eigenvalue weighted by Gasteiger charge is 2.53. The number of aliphatic hydroxyl groups is 1. The Morgan fingerprint density at radius 1 is 0.955 bits per heavy atom. The van der Waals surface area contributed by atoms with Gasteiger partial charge in [0.2, 0.25) is 6.79 Å². The molecule has 6 heteroatoms. The predicted molar refractivity (Wildman–Crippen MR) is 73.4 cm³/mol. The van der Waals surface area contributed by atoms with E-state index in [1.807, 2.05) is 0 Å². The first kappa shape index (κ1) is 12.0. The lowest BCUT2D eigenvalue weighted by molar-refractivity contribution is -0.0865. The van der Waals surface area contributed by atoms with E-state index in [9.17, 15) is 10.2 Å². The quantitative estimate of drug-likeness (QED) is 0.773. The van der Waals surface area contributed by atoms with Gasteiger partial charge in [-0.3, -0.25) is 0 Å². The summed E-state index contributed by atoms with van der Waals surface area (Å²) in [6, 6.07) is 8.24. The molecule has 2 unspecified atom stereocenters. The highest BCUT2D eigenvalue weighted by atomic mass is 16.7. The van der Waals surface area contributed by atoms with Crippen LogP contribution in [-0.2, 0) is 5.60 Å². The molecule has 5 rings (SSSR count). The number of hydrogen-bond acceptors (Lipinski definition) is 6. The molecule has 2 atom stereocenters. The molecule has 3 heterocycles. The van der Waals surface area contributed by atoms with Gasteiger partial charge in [0, 0.05) is 23.3 Å². The van der Waals surface area contributed by atoms with Gasteiger partial charge in [-0.05, 0) is 18.2 Å². The van der Waals surface area contributed by atoms with Crippen molar-refractivity contribution in [3.05, 3.63) is 41.5 Å². The lowest BCUT2D eigenvalue weighted by Crippen LogP contribution is -2.41. The van der Waals surface area contributed by atoms with Crippen molar-refractivity contribution in [1.29, 1.82) is 0 Å². The standard InChI is InChI=1S/C16H12O6/c17-8-1-2-9-11(3-8)19-6-16(18)10-4-13-14(21-7-20-13)5-12(10)22-15(9)16/h1-5,15,17-18H,6-7H2. The van der Waals surface area contributed by atoms with Crippen molar-refractivity contribution in [3.63, 3.8) is 0 Å². The van der Waals surface area contributed by atoms with Crippen LogP contribution in [-0.4, -0.2) is 23.6 Å². The molecule has 2 aromatic rings. The third-order valence-electron chi connectivity index (χ3n) is 4.35. The first-order valence-corrected chi connectivity index (χ1v) is 6.94. The molecule has 3 aliphatic heterocycles. The highest BCUT2D eigenvalue weighted by Crippen LogP contribution is 2.56. The molecule has 0 amide bonds. The molecular formula is C16H12O6. The van der Waals surface area contributed by atoms with Crippen LogP contribution in [0.5, 0.6) is 28.7 Å². The molecule has 0 bridgehead atoms. The number of aromatic hydroxyl groups is 1. The topological polar surface area (TPSA) is 77.4 Å². The summed E-state index contributed by atoms with van der Waals surface area (Å²) in [7, 11) is 0. The number of rotatable bonds is 0. The largest absolute Gasteiger partial charge is 0.508 e. The molecular weight excluding hydrogens is 288 g/mol. The fourth-order valence-corrected chi connectivity index (χ4v) is 3.25. The second-order valence-electron chi connectivity index (χ2n) is 5.63. The van der Waals surface area contributed by atoms with Crippen LogP contribution >= 0.6 is 0 Å². The number of phenolic OH excluding ortho intramolecular Hbond substituents is 1. The van der Waals surface area contributed by atoms with Crippen molar-refractivity contribution >= 4 is 0 Å². The zero-order valence-electron chi connectivity index (χ0n) is 11.4. The lowest BCUT2D eigenvalue weighted by Gasteiger charge is -2.34. The SMILES string of the molecule is Oc1ccc2c(c1)OCC1(O)c3cc4c(cc3OC21)OCO4. The minimum atomic E-state index is -1.29. The van der Waals surface area contributed by atoms with Crippen LogP contribution in [0.4, 0.5) is 0 Å².